The first-order valence-electron chi connectivity index (χ1n) is 5.44. The summed E-state index contributed by atoms with van der Waals surface area (Å²) in [5.74, 6) is -0.255. The van der Waals surface area contributed by atoms with Crippen LogP contribution < -0.4 is 5.32 Å². The largest absolute Gasteiger partial charge is 0.322 e. The first-order valence-corrected chi connectivity index (χ1v) is 5.82. The van der Waals surface area contributed by atoms with E-state index >= 15 is 0 Å². The molecule has 2 rings (SSSR count). The van der Waals surface area contributed by atoms with Crippen molar-refractivity contribution >= 4 is 35.0 Å². The lowest BCUT2D eigenvalue weighted by Gasteiger charge is -2.05. The van der Waals surface area contributed by atoms with Gasteiger partial charge in [0.15, 0.2) is 0 Å². The molecule has 0 bridgehead atoms. The van der Waals surface area contributed by atoms with E-state index in [1.165, 1.54) is 6.08 Å². The van der Waals surface area contributed by atoms with Crippen molar-refractivity contribution in [3.63, 3.8) is 0 Å². The number of hydrogen-bond donors (Lipinski definition) is 1. The molecule has 0 aliphatic rings. The van der Waals surface area contributed by atoms with Crippen LogP contribution in [0.4, 0.5) is 11.4 Å². The Bertz CT molecular complexity index is 647. The minimum atomic E-state index is -0.255. The zero-order chi connectivity index (χ0) is 13.7. The SMILES string of the molecule is O=C=Nc1ccc(NC(=O)c2cccc(Cl)c2)cc1. The molecule has 0 aromatic heterocycles. The third-order valence-corrected chi connectivity index (χ3v) is 2.62. The second kappa shape index (κ2) is 5.96. The molecule has 0 fully saturated rings. The molecule has 0 saturated heterocycles. The van der Waals surface area contributed by atoms with Gasteiger partial charge in [-0.2, -0.15) is 4.99 Å². The number of anilines is 1. The molecule has 1 N–H and O–H groups in total. The lowest BCUT2D eigenvalue weighted by Crippen LogP contribution is -2.11. The number of aliphatic imine (C=N–C) groups is 1. The second-order valence-corrected chi connectivity index (χ2v) is 4.15. The van der Waals surface area contributed by atoms with Gasteiger partial charge in [-0.1, -0.05) is 17.7 Å². The van der Waals surface area contributed by atoms with E-state index in [4.69, 9.17) is 11.6 Å². The fourth-order valence-corrected chi connectivity index (χ4v) is 1.70. The summed E-state index contributed by atoms with van der Waals surface area (Å²) in [6.45, 7) is 0. The van der Waals surface area contributed by atoms with E-state index < -0.39 is 0 Å². The Kier molecular flexibility index (Phi) is 4.08. The van der Waals surface area contributed by atoms with E-state index in [9.17, 15) is 9.59 Å². The number of amides is 1. The second-order valence-electron chi connectivity index (χ2n) is 3.71. The molecule has 0 aliphatic heterocycles. The van der Waals surface area contributed by atoms with Gasteiger partial charge in [-0.3, -0.25) is 4.79 Å². The average molecular weight is 273 g/mol. The smallest absolute Gasteiger partial charge is 0.255 e. The normalized spacial score (nSPS) is 9.53. The molecule has 19 heavy (non-hydrogen) atoms. The molecule has 0 aliphatic carbocycles. The number of carbonyl (C=O) groups is 1. The van der Waals surface area contributed by atoms with Crippen molar-refractivity contribution in [2.75, 3.05) is 5.32 Å². The van der Waals surface area contributed by atoms with Gasteiger partial charge in [-0.05, 0) is 42.5 Å². The third kappa shape index (κ3) is 3.52. The van der Waals surface area contributed by atoms with Gasteiger partial charge in [0.2, 0.25) is 6.08 Å². The van der Waals surface area contributed by atoms with Crippen molar-refractivity contribution in [2.45, 2.75) is 0 Å². The van der Waals surface area contributed by atoms with Gasteiger partial charge < -0.3 is 5.32 Å². The zero-order valence-electron chi connectivity index (χ0n) is 9.76. The molecule has 0 radical (unpaired) electrons. The monoisotopic (exact) mass is 272 g/mol. The standard InChI is InChI=1S/C14H9ClN2O2/c15-11-3-1-2-10(8-11)14(19)17-13-6-4-12(5-7-13)16-9-18/h1-8H,(H,17,19). The minimum absolute atomic E-state index is 0.255. The summed E-state index contributed by atoms with van der Waals surface area (Å²) < 4.78 is 0. The molecule has 4 nitrogen and oxygen atoms in total. The molecule has 0 heterocycles. The van der Waals surface area contributed by atoms with Gasteiger partial charge >= 0.3 is 0 Å². The molecule has 0 atom stereocenters. The highest BCUT2D eigenvalue weighted by atomic mass is 35.5. The van der Waals surface area contributed by atoms with Gasteiger partial charge in [0, 0.05) is 16.3 Å². The number of halogens is 1. The minimum Gasteiger partial charge on any atom is -0.322 e. The van der Waals surface area contributed by atoms with E-state index in [0.717, 1.165) is 0 Å². The highest BCUT2D eigenvalue weighted by Crippen LogP contribution is 2.17. The predicted octanol–water partition coefficient (Wildman–Crippen LogP) is 3.56. The van der Waals surface area contributed by atoms with Crippen LogP contribution in [0.15, 0.2) is 53.5 Å². The van der Waals surface area contributed by atoms with Crippen LogP contribution in [0.2, 0.25) is 5.02 Å². The topological polar surface area (TPSA) is 58.5 Å². The molecular weight excluding hydrogens is 264 g/mol. The lowest BCUT2D eigenvalue weighted by atomic mass is 10.2. The van der Waals surface area contributed by atoms with Gasteiger partial charge in [0.05, 0.1) is 5.69 Å². The van der Waals surface area contributed by atoms with E-state index in [0.29, 0.717) is 22.0 Å². The summed E-state index contributed by atoms with van der Waals surface area (Å²) in [5, 5.41) is 3.22. The Morgan fingerprint density at radius 1 is 1.16 bits per heavy atom. The van der Waals surface area contributed by atoms with Crippen molar-refractivity contribution < 1.29 is 9.59 Å². The van der Waals surface area contributed by atoms with Crippen LogP contribution in [0.3, 0.4) is 0 Å². The van der Waals surface area contributed by atoms with Crippen molar-refractivity contribution in [2.24, 2.45) is 4.99 Å². The Balaban J connectivity index is 2.12. The molecule has 5 heteroatoms. The fourth-order valence-electron chi connectivity index (χ4n) is 1.50. The summed E-state index contributed by atoms with van der Waals surface area (Å²) >= 11 is 5.82. The number of isocyanates is 1. The molecular formula is C14H9ClN2O2. The maximum absolute atomic E-state index is 11.9. The number of nitrogens with one attached hydrogen (secondary N) is 1. The fraction of sp³-hybridized carbons (Fsp3) is 0. The summed E-state index contributed by atoms with van der Waals surface area (Å²) in [5.41, 5.74) is 1.56. The lowest BCUT2D eigenvalue weighted by molar-refractivity contribution is 0.102. The van der Waals surface area contributed by atoms with Crippen LogP contribution in [0.25, 0.3) is 0 Å². The van der Waals surface area contributed by atoms with Crippen molar-refractivity contribution in [3.05, 3.63) is 59.1 Å². The van der Waals surface area contributed by atoms with E-state index in [2.05, 4.69) is 10.3 Å². The van der Waals surface area contributed by atoms with Gasteiger partial charge in [0.25, 0.3) is 5.91 Å². The first-order chi connectivity index (χ1) is 9.19. The Morgan fingerprint density at radius 3 is 2.53 bits per heavy atom. The Labute approximate surface area is 114 Å². The van der Waals surface area contributed by atoms with Crippen molar-refractivity contribution in [1.82, 2.24) is 0 Å². The molecule has 0 spiro atoms. The number of benzene rings is 2. The molecule has 2 aromatic rings. The van der Waals surface area contributed by atoms with Gasteiger partial charge in [0.1, 0.15) is 0 Å². The number of rotatable bonds is 3. The number of carbonyl (C=O) groups excluding carboxylic acids is 2. The summed E-state index contributed by atoms with van der Waals surface area (Å²) in [6.07, 6.45) is 1.45. The average Bonchev–Trinajstić information content (AvgIpc) is 2.41. The zero-order valence-corrected chi connectivity index (χ0v) is 10.5. The maximum Gasteiger partial charge on any atom is 0.255 e. The summed E-state index contributed by atoms with van der Waals surface area (Å²) in [4.78, 5) is 25.5. The molecule has 94 valence electrons. The van der Waals surface area contributed by atoms with Gasteiger partial charge in [-0.15, -0.1) is 0 Å². The maximum atomic E-state index is 11.9. The molecule has 0 saturated carbocycles. The van der Waals surface area contributed by atoms with Crippen LogP contribution in [0.1, 0.15) is 10.4 Å². The van der Waals surface area contributed by atoms with Crippen LogP contribution in [0.5, 0.6) is 0 Å². The summed E-state index contributed by atoms with van der Waals surface area (Å²) in [6, 6.07) is 13.2. The van der Waals surface area contributed by atoms with E-state index in [1.807, 2.05) is 0 Å². The van der Waals surface area contributed by atoms with Crippen LogP contribution >= 0.6 is 11.6 Å². The third-order valence-electron chi connectivity index (χ3n) is 2.39. The van der Waals surface area contributed by atoms with Crippen LogP contribution in [-0.4, -0.2) is 12.0 Å². The molecule has 2 aromatic carbocycles. The van der Waals surface area contributed by atoms with E-state index in [1.54, 1.807) is 48.5 Å². The predicted molar refractivity (Wildman–Crippen MR) is 73.6 cm³/mol. The van der Waals surface area contributed by atoms with Crippen molar-refractivity contribution in [1.29, 1.82) is 0 Å². The van der Waals surface area contributed by atoms with Crippen LogP contribution in [0, 0.1) is 0 Å². The first kappa shape index (κ1) is 13.0. The number of nitrogens with zero attached hydrogens (tertiary/aromatic N) is 1. The van der Waals surface area contributed by atoms with Crippen molar-refractivity contribution in [3.8, 4) is 0 Å². The number of hydrogen-bond acceptors (Lipinski definition) is 3. The van der Waals surface area contributed by atoms with E-state index in [-0.39, 0.29) is 5.91 Å². The van der Waals surface area contributed by atoms with Crippen LogP contribution in [-0.2, 0) is 4.79 Å². The quantitative estimate of drug-likeness (QED) is 0.686. The Hall–Kier alpha value is -2.42. The Morgan fingerprint density at radius 2 is 1.89 bits per heavy atom. The highest BCUT2D eigenvalue weighted by Gasteiger charge is 2.06. The highest BCUT2D eigenvalue weighted by molar-refractivity contribution is 6.31. The molecule has 1 amide bonds. The molecule has 0 unspecified atom stereocenters. The van der Waals surface area contributed by atoms with Gasteiger partial charge in [-0.25, -0.2) is 4.79 Å². The summed E-state index contributed by atoms with van der Waals surface area (Å²) in [7, 11) is 0.